The van der Waals surface area contributed by atoms with Gasteiger partial charge < -0.3 is 19.5 Å². The Morgan fingerprint density at radius 2 is 1.72 bits per heavy atom. The smallest absolute Gasteiger partial charge is 0.295 e. The van der Waals surface area contributed by atoms with Gasteiger partial charge >= 0.3 is 0 Å². The normalized spacial score (nSPS) is 17.6. The van der Waals surface area contributed by atoms with E-state index in [2.05, 4.69) is 0 Å². The van der Waals surface area contributed by atoms with Gasteiger partial charge in [-0.1, -0.05) is 18.2 Å². The third kappa shape index (κ3) is 3.87. The second kappa shape index (κ2) is 8.88. The van der Waals surface area contributed by atoms with Crippen molar-refractivity contribution in [3.05, 3.63) is 87.1 Å². The highest BCUT2D eigenvalue weighted by molar-refractivity contribution is 7.10. The highest BCUT2D eigenvalue weighted by atomic mass is 32.1. The fourth-order valence-corrected chi connectivity index (χ4v) is 4.73. The molecule has 2 heterocycles. The topological polar surface area (TPSA) is 76.1 Å². The summed E-state index contributed by atoms with van der Waals surface area (Å²) in [5.41, 5.74) is 2.19. The molecule has 0 spiro atoms. The van der Waals surface area contributed by atoms with Crippen LogP contribution in [0.5, 0.6) is 11.5 Å². The molecule has 7 heteroatoms. The van der Waals surface area contributed by atoms with E-state index in [1.807, 2.05) is 48.7 Å². The Morgan fingerprint density at radius 3 is 2.31 bits per heavy atom. The Morgan fingerprint density at radius 1 is 1.03 bits per heavy atom. The molecule has 1 unspecified atom stereocenters. The van der Waals surface area contributed by atoms with Gasteiger partial charge in [0, 0.05) is 17.0 Å². The molecule has 1 aliphatic rings. The molecular weight excluding hydrogens is 426 g/mol. The van der Waals surface area contributed by atoms with E-state index in [0.717, 1.165) is 16.0 Å². The molecular formula is C25H23NO5S. The van der Waals surface area contributed by atoms with Gasteiger partial charge in [-0.15, -0.1) is 11.3 Å². The molecule has 32 heavy (non-hydrogen) atoms. The van der Waals surface area contributed by atoms with Crippen LogP contribution < -0.4 is 9.47 Å². The zero-order chi connectivity index (χ0) is 22.8. The van der Waals surface area contributed by atoms with Crippen LogP contribution in [0.3, 0.4) is 0 Å². The SMILES string of the molecule is COc1ccc(CN2C(=O)C(=O)/C(=C(\O)c3ccc(OC)cc3C)C2c2cccs2)cc1. The molecule has 3 aromatic rings. The van der Waals surface area contributed by atoms with Crippen molar-refractivity contribution in [3.8, 4) is 11.5 Å². The highest BCUT2D eigenvalue weighted by Crippen LogP contribution is 2.42. The number of hydrogen-bond donors (Lipinski definition) is 1. The molecule has 1 saturated heterocycles. The molecule has 1 aliphatic heterocycles. The van der Waals surface area contributed by atoms with Gasteiger partial charge in [0.05, 0.1) is 25.8 Å². The van der Waals surface area contributed by atoms with Crippen molar-refractivity contribution in [1.29, 1.82) is 0 Å². The van der Waals surface area contributed by atoms with Gasteiger partial charge in [-0.3, -0.25) is 9.59 Å². The van der Waals surface area contributed by atoms with Crippen molar-refractivity contribution < 1.29 is 24.2 Å². The molecule has 0 radical (unpaired) electrons. The van der Waals surface area contributed by atoms with Crippen molar-refractivity contribution in [3.63, 3.8) is 0 Å². The van der Waals surface area contributed by atoms with Crippen molar-refractivity contribution in [2.75, 3.05) is 14.2 Å². The lowest BCUT2D eigenvalue weighted by Crippen LogP contribution is -2.28. The van der Waals surface area contributed by atoms with E-state index in [1.54, 1.807) is 32.4 Å². The summed E-state index contributed by atoms with van der Waals surface area (Å²) in [5, 5.41) is 13.1. The Labute approximate surface area is 190 Å². The maximum Gasteiger partial charge on any atom is 0.295 e. The number of rotatable bonds is 6. The molecule has 164 valence electrons. The monoisotopic (exact) mass is 449 g/mol. The van der Waals surface area contributed by atoms with E-state index in [0.29, 0.717) is 17.1 Å². The van der Waals surface area contributed by atoms with E-state index in [9.17, 15) is 14.7 Å². The van der Waals surface area contributed by atoms with E-state index >= 15 is 0 Å². The minimum absolute atomic E-state index is 0.0965. The first-order valence-electron chi connectivity index (χ1n) is 10.0. The summed E-state index contributed by atoms with van der Waals surface area (Å²) in [6.45, 7) is 2.06. The van der Waals surface area contributed by atoms with Crippen LogP contribution in [0.25, 0.3) is 5.76 Å². The Bertz CT molecular complexity index is 1180. The molecule has 1 atom stereocenters. The van der Waals surface area contributed by atoms with E-state index in [1.165, 1.54) is 16.2 Å². The zero-order valence-corrected chi connectivity index (χ0v) is 18.8. The second-order valence-corrected chi connectivity index (χ2v) is 8.45. The predicted octanol–water partition coefficient (Wildman–Crippen LogP) is 4.70. The van der Waals surface area contributed by atoms with E-state index < -0.39 is 17.7 Å². The number of likely N-dealkylation sites (tertiary alicyclic amines) is 1. The first-order chi connectivity index (χ1) is 15.4. The molecule has 1 N–H and O–H groups in total. The number of aliphatic hydroxyl groups is 1. The number of amides is 1. The summed E-state index contributed by atoms with van der Waals surface area (Å²) in [6, 6.07) is 15.6. The average molecular weight is 450 g/mol. The summed E-state index contributed by atoms with van der Waals surface area (Å²) in [7, 11) is 3.15. The number of nitrogens with zero attached hydrogens (tertiary/aromatic N) is 1. The third-order valence-electron chi connectivity index (χ3n) is 5.55. The molecule has 4 rings (SSSR count). The molecule has 0 aliphatic carbocycles. The zero-order valence-electron chi connectivity index (χ0n) is 18.0. The number of ketones is 1. The summed E-state index contributed by atoms with van der Waals surface area (Å²) in [6.07, 6.45) is 0. The number of ether oxygens (including phenoxy) is 2. The van der Waals surface area contributed by atoms with Gasteiger partial charge in [0.15, 0.2) is 0 Å². The van der Waals surface area contributed by atoms with Gasteiger partial charge in [-0.25, -0.2) is 0 Å². The minimum atomic E-state index is -0.690. The van der Waals surface area contributed by atoms with Gasteiger partial charge in [-0.2, -0.15) is 0 Å². The van der Waals surface area contributed by atoms with E-state index in [4.69, 9.17) is 9.47 Å². The van der Waals surface area contributed by atoms with Gasteiger partial charge in [0.1, 0.15) is 17.3 Å². The largest absolute Gasteiger partial charge is 0.507 e. The summed E-state index contributed by atoms with van der Waals surface area (Å²) in [5.74, 6) is -0.148. The van der Waals surface area contributed by atoms with Crippen molar-refractivity contribution in [2.45, 2.75) is 19.5 Å². The highest BCUT2D eigenvalue weighted by Gasteiger charge is 2.46. The van der Waals surface area contributed by atoms with Crippen LogP contribution in [0.15, 0.2) is 65.6 Å². The van der Waals surface area contributed by atoms with Crippen molar-refractivity contribution >= 4 is 28.8 Å². The fourth-order valence-electron chi connectivity index (χ4n) is 3.89. The number of aryl methyl sites for hydroxylation is 1. The number of benzene rings is 2. The number of aliphatic hydroxyl groups excluding tert-OH is 1. The maximum absolute atomic E-state index is 13.1. The van der Waals surface area contributed by atoms with Crippen molar-refractivity contribution in [1.82, 2.24) is 4.90 Å². The fraction of sp³-hybridized carbons (Fsp3) is 0.200. The summed E-state index contributed by atoms with van der Waals surface area (Å²) in [4.78, 5) is 28.5. The lowest BCUT2D eigenvalue weighted by atomic mass is 9.97. The number of Topliss-reactive ketones (excluding diaryl/α,β-unsaturated/α-hetero) is 1. The predicted molar refractivity (Wildman–Crippen MR) is 123 cm³/mol. The average Bonchev–Trinajstić information content (AvgIpc) is 3.42. The third-order valence-corrected chi connectivity index (χ3v) is 6.48. The van der Waals surface area contributed by atoms with Crippen molar-refractivity contribution in [2.24, 2.45) is 0 Å². The second-order valence-electron chi connectivity index (χ2n) is 7.47. The maximum atomic E-state index is 13.1. The molecule has 0 bridgehead atoms. The molecule has 1 fully saturated rings. The number of methoxy groups -OCH3 is 2. The van der Waals surface area contributed by atoms with Gasteiger partial charge in [0.2, 0.25) is 0 Å². The first-order valence-corrected chi connectivity index (χ1v) is 10.9. The number of thiophene rings is 1. The van der Waals surface area contributed by atoms with Crippen LogP contribution in [-0.4, -0.2) is 35.9 Å². The molecule has 0 saturated carbocycles. The van der Waals surface area contributed by atoms with Crippen LogP contribution in [0.1, 0.15) is 27.6 Å². The molecule has 6 nitrogen and oxygen atoms in total. The quantitative estimate of drug-likeness (QED) is 0.336. The van der Waals surface area contributed by atoms with Gasteiger partial charge in [0.25, 0.3) is 11.7 Å². The van der Waals surface area contributed by atoms with Gasteiger partial charge in [-0.05, 0) is 59.8 Å². The molecule has 1 amide bonds. The number of carbonyl (C=O) groups excluding carboxylic acids is 2. The Balaban J connectivity index is 1.80. The number of hydrogen-bond acceptors (Lipinski definition) is 6. The Kier molecular flexibility index (Phi) is 6.01. The first kappa shape index (κ1) is 21.6. The van der Waals surface area contributed by atoms with Crippen LogP contribution in [0.4, 0.5) is 0 Å². The lowest BCUT2D eigenvalue weighted by molar-refractivity contribution is -0.140. The van der Waals surface area contributed by atoms with Crippen LogP contribution in [0.2, 0.25) is 0 Å². The summed E-state index contributed by atoms with van der Waals surface area (Å²) >= 11 is 1.44. The summed E-state index contributed by atoms with van der Waals surface area (Å²) < 4.78 is 10.4. The number of carbonyl (C=O) groups is 2. The molecule has 2 aromatic carbocycles. The van der Waals surface area contributed by atoms with Crippen LogP contribution >= 0.6 is 11.3 Å². The van der Waals surface area contributed by atoms with Crippen LogP contribution in [0, 0.1) is 6.92 Å². The standard InChI is InChI=1S/C25H23NO5S/c1-15-13-18(31-3)10-11-19(15)23(27)21-22(20-5-4-12-32-20)26(25(29)24(21)28)14-16-6-8-17(30-2)9-7-16/h4-13,22,27H,14H2,1-3H3/b23-21-. The Hall–Kier alpha value is -3.58. The lowest BCUT2D eigenvalue weighted by Gasteiger charge is -2.24. The minimum Gasteiger partial charge on any atom is -0.507 e. The molecule has 1 aromatic heterocycles. The van der Waals surface area contributed by atoms with E-state index in [-0.39, 0.29) is 17.9 Å². The van der Waals surface area contributed by atoms with Crippen LogP contribution in [-0.2, 0) is 16.1 Å².